The Labute approximate surface area is 153 Å². The molecule has 0 saturated carbocycles. The molecule has 0 bridgehead atoms. The molecule has 0 radical (unpaired) electrons. The van der Waals surface area contributed by atoms with Crippen molar-refractivity contribution >= 4 is 22.6 Å². The van der Waals surface area contributed by atoms with E-state index in [9.17, 15) is 4.79 Å². The van der Waals surface area contributed by atoms with Crippen molar-refractivity contribution in [3.05, 3.63) is 30.3 Å². The number of nitrogens with zero attached hydrogens (tertiary/aromatic N) is 2. The molecule has 0 aliphatic carbocycles. The van der Waals surface area contributed by atoms with Crippen molar-refractivity contribution in [2.24, 2.45) is 5.92 Å². The van der Waals surface area contributed by atoms with Crippen molar-refractivity contribution in [2.45, 2.75) is 25.3 Å². The molecular formula is C20H25N3O3. The SMILES string of the molecule is COc1ccc2nc(N3CCC(C(=O)NC4CCOCC4)C3)ccc2c1. The highest BCUT2D eigenvalue weighted by Gasteiger charge is 2.30. The van der Waals surface area contributed by atoms with Crippen molar-refractivity contribution in [2.75, 3.05) is 38.3 Å². The zero-order valence-corrected chi connectivity index (χ0v) is 15.1. The Morgan fingerprint density at radius 1 is 1.23 bits per heavy atom. The van der Waals surface area contributed by atoms with Crippen LogP contribution in [0.15, 0.2) is 30.3 Å². The van der Waals surface area contributed by atoms with Gasteiger partial charge >= 0.3 is 0 Å². The van der Waals surface area contributed by atoms with Crippen LogP contribution in [0.25, 0.3) is 10.9 Å². The van der Waals surface area contributed by atoms with Gasteiger partial charge in [-0.2, -0.15) is 0 Å². The predicted molar refractivity (Wildman–Crippen MR) is 101 cm³/mol. The van der Waals surface area contributed by atoms with Gasteiger partial charge in [-0.1, -0.05) is 0 Å². The third kappa shape index (κ3) is 3.60. The first-order valence-corrected chi connectivity index (χ1v) is 9.31. The first kappa shape index (κ1) is 17.1. The summed E-state index contributed by atoms with van der Waals surface area (Å²) in [4.78, 5) is 19.5. The minimum atomic E-state index is 0.0335. The highest BCUT2D eigenvalue weighted by molar-refractivity contribution is 5.83. The maximum atomic E-state index is 12.6. The first-order valence-electron chi connectivity index (χ1n) is 9.31. The molecule has 2 saturated heterocycles. The van der Waals surface area contributed by atoms with Crippen molar-refractivity contribution < 1.29 is 14.3 Å². The molecule has 1 N–H and O–H groups in total. The zero-order chi connectivity index (χ0) is 17.9. The summed E-state index contributed by atoms with van der Waals surface area (Å²) in [5.41, 5.74) is 0.943. The van der Waals surface area contributed by atoms with E-state index in [1.165, 1.54) is 0 Å². The molecule has 6 nitrogen and oxygen atoms in total. The summed E-state index contributed by atoms with van der Waals surface area (Å²) in [6.07, 6.45) is 2.70. The van der Waals surface area contributed by atoms with Crippen molar-refractivity contribution in [3.63, 3.8) is 0 Å². The van der Waals surface area contributed by atoms with E-state index in [1.54, 1.807) is 7.11 Å². The average Bonchev–Trinajstić information content (AvgIpc) is 3.18. The molecule has 4 rings (SSSR count). The van der Waals surface area contributed by atoms with Crippen molar-refractivity contribution in [1.82, 2.24) is 10.3 Å². The number of ether oxygens (including phenoxy) is 2. The van der Waals surface area contributed by atoms with Gasteiger partial charge in [0.25, 0.3) is 0 Å². The third-order valence-electron chi connectivity index (χ3n) is 5.33. The van der Waals surface area contributed by atoms with Gasteiger partial charge in [0.2, 0.25) is 5.91 Å². The maximum absolute atomic E-state index is 12.6. The summed E-state index contributed by atoms with van der Waals surface area (Å²) in [5.74, 6) is 1.97. The highest BCUT2D eigenvalue weighted by Crippen LogP contribution is 2.26. The van der Waals surface area contributed by atoms with E-state index in [-0.39, 0.29) is 17.9 Å². The number of fused-ring (bicyclic) bond motifs is 1. The number of hydrogen-bond donors (Lipinski definition) is 1. The Balaban J connectivity index is 1.41. The molecular weight excluding hydrogens is 330 g/mol. The van der Waals surface area contributed by atoms with Crippen LogP contribution in [-0.4, -0.2) is 50.3 Å². The lowest BCUT2D eigenvalue weighted by atomic mass is 10.1. The molecule has 1 amide bonds. The van der Waals surface area contributed by atoms with E-state index in [0.29, 0.717) is 0 Å². The second kappa shape index (κ2) is 7.50. The van der Waals surface area contributed by atoms with Crippen molar-refractivity contribution in [3.8, 4) is 5.75 Å². The minimum absolute atomic E-state index is 0.0335. The molecule has 1 aromatic carbocycles. The molecule has 1 atom stereocenters. The minimum Gasteiger partial charge on any atom is -0.497 e. The number of pyridine rings is 1. The van der Waals surface area contributed by atoms with Crippen LogP contribution in [-0.2, 0) is 9.53 Å². The molecule has 138 valence electrons. The van der Waals surface area contributed by atoms with Crippen LogP contribution < -0.4 is 15.0 Å². The topological polar surface area (TPSA) is 63.7 Å². The predicted octanol–water partition coefficient (Wildman–Crippen LogP) is 2.36. The van der Waals surface area contributed by atoms with Gasteiger partial charge in [-0.25, -0.2) is 4.98 Å². The van der Waals surface area contributed by atoms with Gasteiger partial charge in [0.15, 0.2) is 0 Å². The van der Waals surface area contributed by atoms with Crippen LogP contribution in [0.1, 0.15) is 19.3 Å². The lowest BCUT2D eigenvalue weighted by molar-refractivity contribution is -0.125. The third-order valence-corrected chi connectivity index (χ3v) is 5.33. The van der Waals surface area contributed by atoms with Gasteiger partial charge in [-0.3, -0.25) is 4.79 Å². The Hall–Kier alpha value is -2.34. The van der Waals surface area contributed by atoms with Gasteiger partial charge in [-0.05, 0) is 49.6 Å². The Morgan fingerprint density at radius 3 is 2.88 bits per heavy atom. The summed E-state index contributed by atoms with van der Waals surface area (Å²) in [6.45, 7) is 3.07. The number of benzene rings is 1. The number of aromatic nitrogens is 1. The van der Waals surface area contributed by atoms with E-state index in [2.05, 4.69) is 16.3 Å². The number of rotatable bonds is 4. The van der Waals surface area contributed by atoms with Gasteiger partial charge in [0.05, 0.1) is 18.5 Å². The molecule has 2 aliphatic rings. The largest absolute Gasteiger partial charge is 0.497 e. The number of carbonyl (C=O) groups excluding carboxylic acids is 1. The van der Waals surface area contributed by atoms with Gasteiger partial charge in [0.1, 0.15) is 11.6 Å². The average molecular weight is 355 g/mol. The van der Waals surface area contributed by atoms with Crippen LogP contribution in [0.3, 0.4) is 0 Å². The lowest BCUT2D eigenvalue weighted by Gasteiger charge is -2.24. The van der Waals surface area contributed by atoms with Gasteiger partial charge in [-0.15, -0.1) is 0 Å². The molecule has 1 unspecified atom stereocenters. The highest BCUT2D eigenvalue weighted by atomic mass is 16.5. The number of hydrogen-bond acceptors (Lipinski definition) is 5. The smallest absolute Gasteiger partial charge is 0.225 e. The van der Waals surface area contributed by atoms with Crippen LogP contribution in [0.2, 0.25) is 0 Å². The second-order valence-corrected chi connectivity index (χ2v) is 7.05. The monoisotopic (exact) mass is 355 g/mol. The molecule has 1 aromatic heterocycles. The summed E-state index contributed by atoms with van der Waals surface area (Å²) >= 11 is 0. The molecule has 26 heavy (non-hydrogen) atoms. The summed E-state index contributed by atoms with van der Waals surface area (Å²) in [5, 5.41) is 4.25. The van der Waals surface area contributed by atoms with Crippen LogP contribution in [0.4, 0.5) is 5.82 Å². The van der Waals surface area contributed by atoms with Crippen LogP contribution in [0.5, 0.6) is 5.75 Å². The summed E-state index contributed by atoms with van der Waals surface area (Å²) in [7, 11) is 1.67. The number of amides is 1. The van der Waals surface area contributed by atoms with E-state index >= 15 is 0 Å². The normalized spacial score (nSPS) is 21.1. The molecule has 6 heteroatoms. The van der Waals surface area contributed by atoms with Gasteiger partial charge in [0, 0.05) is 37.7 Å². The number of anilines is 1. The molecule has 2 aromatic rings. The van der Waals surface area contributed by atoms with Gasteiger partial charge < -0.3 is 19.7 Å². The second-order valence-electron chi connectivity index (χ2n) is 7.05. The summed E-state index contributed by atoms with van der Waals surface area (Å²) < 4.78 is 10.6. The number of carbonyl (C=O) groups is 1. The van der Waals surface area contributed by atoms with E-state index in [0.717, 1.165) is 68.0 Å². The molecule has 2 fully saturated rings. The number of methoxy groups -OCH3 is 1. The fourth-order valence-electron chi connectivity index (χ4n) is 3.74. The lowest BCUT2D eigenvalue weighted by Crippen LogP contribution is -2.42. The van der Waals surface area contributed by atoms with E-state index in [4.69, 9.17) is 14.5 Å². The van der Waals surface area contributed by atoms with Crippen LogP contribution in [0, 0.1) is 5.92 Å². The van der Waals surface area contributed by atoms with E-state index < -0.39 is 0 Å². The Bertz CT molecular complexity index is 789. The van der Waals surface area contributed by atoms with Crippen LogP contribution >= 0.6 is 0 Å². The molecule has 2 aliphatic heterocycles. The number of nitrogens with one attached hydrogen (secondary N) is 1. The first-order chi connectivity index (χ1) is 12.7. The zero-order valence-electron chi connectivity index (χ0n) is 15.1. The maximum Gasteiger partial charge on any atom is 0.225 e. The summed E-state index contributed by atoms with van der Waals surface area (Å²) in [6, 6.07) is 10.2. The van der Waals surface area contributed by atoms with E-state index in [1.807, 2.05) is 24.3 Å². The molecule has 0 spiro atoms. The Morgan fingerprint density at radius 2 is 2.08 bits per heavy atom. The molecule has 3 heterocycles. The Kier molecular flexibility index (Phi) is 4.93. The fraction of sp³-hybridized carbons (Fsp3) is 0.500. The van der Waals surface area contributed by atoms with Crippen molar-refractivity contribution in [1.29, 1.82) is 0 Å². The quantitative estimate of drug-likeness (QED) is 0.912. The standard InChI is InChI=1S/C20H25N3O3/c1-25-17-3-4-18-14(12-17)2-5-19(22-18)23-9-6-15(13-23)20(24)21-16-7-10-26-11-8-16/h2-5,12,15-16H,6-11,13H2,1H3,(H,21,24). The fourth-order valence-corrected chi connectivity index (χ4v) is 3.74.